The molecule has 0 unspecified atom stereocenters. The average molecular weight is 432 g/mol. The van der Waals surface area contributed by atoms with Crippen molar-refractivity contribution < 1.29 is 9.53 Å². The molecule has 0 saturated heterocycles. The van der Waals surface area contributed by atoms with Crippen LogP contribution in [0.2, 0.25) is 5.02 Å². The van der Waals surface area contributed by atoms with Crippen LogP contribution in [0, 0.1) is 13.8 Å². The van der Waals surface area contributed by atoms with Crippen molar-refractivity contribution in [3.05, 3.63) is 94.8 Å². The first-order chi connectivity index (χ1) is 15.0. The van der Waals surface area contributed by atoms with E-state index in [4.69, 9.17) is 16.3 Å². The predicted molar refractivity (Wildman–Crippen MR) is 125 cm³/mol. The van der Waals surface area contributed by atoms with Gasteiger partial charge in [0, 0.05) is 33.0 Å². The number of amides is 1. The number of halogens is 1. The van der Waals surface area contributed by atoms with Gasteiger partial charge in [0.15, 0.2) is 6.61 Å². The fourth-order valence-corrected chi connectivity index (χ4v) is 3.70. The van der Waals surface area contributed by atoms with Gasteiger partial charge in [0.25, 0.3) is 5.91 Å². The Morgan fingerprint density at radius 3 is 2.61 bits per heavy atom. The van der Waals surface area contributed by atoms with Crippen molar-refractivity contribution in [2.24, 2.45) is 5.10 Å². The molecule has 0 radical (unpaired) electrons. The van der Waals surface area contributed by atoms with Crippen LogP contribution < -0.4 is 10.2 Å². The van der Waals surface area contributed by atoms with Crippen LogP contribution in [0.1, 0.15) is 17.0 Å². The lowest BCUT2D eigenvalue weighted by Crippen LogP contribution is -2.24. The highest BCUT2D eigenvalue weighted by atomic mass is 35.5. The van der Waals surface area contributed by atoms with E-state index in [2.05, 4.69) is 15.1 Å². The minimum Gasteiger partial charge on any atom is -0.483 e. The largest absolute Gasteiger partial charge is 0.483 e. The Labute approximate surface area is 185 Å². The van der Waals surface area contributed by atoms with Gasteiger partial charge in [0.05, 0.1) is 6.21 Å². The fraction of sp³-hybridized carbons (Fsp3) is 0.120. The van der Waals surface area contributed by atoms with Crippen LogP contribution in [-0.2, 0) is 4.79 Å². The van der Waals surface area contributed by atoms with Gasteiger partial charge in [-0.15, -0.1) is 0 Å². The maximum absolute atomic E-state index is 12.2. The molecule has 0 aliphatic rings. The summed E-state index contributed by atoms with van der Waals surface area (Å²) in [5.74, 6) is 0.347. The number of carbonyl (C=O) groups is 1. The molecule has 0 saturated carbocycles. The van der Waals surface area contributed by atoms with Crippen molar-refractivity contribution >= 4 is 34.5 Å². The van der Waals surface area contributed by atoms with Crippen LogP contribution in [0.15, 0.2) is 77.9 Å². The van der Waals surface area contributed by atoms with E-state index in [-0.39, 0.29) is 12.5 Å². The van der Waals surface area contributed by atoms with E-state index in [1.54, 1.807) is 6.21 Å². The second-order valence-corrected chi connectivity index (χ2v) is 7.63. The summed E-state index contributed by atoms with van der Waals surface area (Å²) in [7, 11) is 0. The van der Waals surface area contributed by atoms with Crippen LogP contribution in [-0.4, -0.2) is 23.3 Å². The van der Waals surface area contributed by atoms with Gasteiger partial charge in [-0.2, -0.15) is 5.10 Å². The SMILES string of the molecule is Cc1cc(/C=N/NC(=O)COc2cccc3ccccc23)c(C)n1-c1ccc(Cl)cc1. The fourth-order valence-electron chi connectivity index (χ4n) is 3.58. The first-order valence-corrected chi connectivity index (χ1v) is 10.3. The Morgan fingerprint density at radius 1 is 1.06 bits per heavy atom. The van der Waals surface area contributed by atoms with E-state index in [0.29, 0.717) is 10.8 Å². The number of ether oxygens (including phenoxy) is 1. The Bertz CT molecular complexity index is 1250. The van der Waals surface area contributed by atoms with Crippen molar-refractivity contribution in [2.45, 2.75) is 13.8 Å². The number of aromatic nitrogens is 1. The topological polar surface area (TPSA) is 55.6 Å². The first-order valence-electron chi connectivity index (χ1n) is 9.90. The number of hydrazone groups is 1. The highest BCUT2D eigenvalue weighted by molar-refractivity contribution is 6.30. The third-order valence-corrected chi connectivity index (χ3v) is 5.31. The lowest BCUT2D eigenvalue weighted by Gasteiger charge is -2.09. The van der Waals surface area contributed by atoms with E-state index >= 15 is 0 Å². The molecular weight excluding hydrogens is 410 g/mol. The van der Waals surface area contributed by atoms with E-state index in [0.717, 1.165) is 33.4 Å². The maximum Gasteiger partial charge on any atom is 0.277 e. The molecule has 0 bridgehead atoms. The summed E-state index contributed by atoms with van der Waals surface area (Å²) < 4.78 is 7.81. The summed E-state index contributed by atoms with van der Waals surface area (Å²) in [5, 5.41) is 6.83. The van der Waals surface area contributed by atoms with Crippen LogP contribution in [0.3, 0.4) is 0 Å². The summed E-state index contributed by atoms with van der Waals surface area (Å²) in [5.41, 5.74) is 6.55. The number of fused-ring (bicyclic) bond motifs is 1. The average Bonchev–Trinajstić information content (AvgIpc) is 3.06. The summed E-state index contributed by atoms with van der Waals surface area (Å²) in [6.07, 6.45) is 1.64. The van der Waals surface area contributed by atoms with E-state index in [1.165, 1.54) is 0 Å². The molecular formula is C25H22ClN3O2. The summed E-state index contributed by atoms with van der Waals surface area (Å²) in [4.78, 5) is 12.2. The zero-order valence-electron chi connectivity index (χ0n) is 17.3. The highest BCUT2D eigenvalue weighted by Crippen LogP contribution is 2.25. The lowest BCUT2D eigenvalue weighted by atomic mass is 10.1. The quantitative estimate of drug-likeness (QED) is 0.327. The second-order valence-electron chi connectivity index (χ2n) is 7.20. The third-order valence-electron chi connectivity index (χ3n) is 5.06. The molecule has 0 aliphatic carbocycles. The summed E-state index contributed by atoms with van der Waals surface area (Å²) in [6, 6.07) is 23.3. The van der Waals surface area contributed by atoms with E-state index in [9.17, 15) is 4.79 Å². The number of rotatable bonds is 6. The van der Waals surface area contributed by atoms with Crippen molar-refractivity contribution in [2.75, 3.05) is 6.61 Å². The second kappa shape index (κ2) is 9.06. The molecule has 0 fully saturated rings. The molecule has 5 nitrogen and oxygen atoms in total. The molecule has 0 atom stereocenters. The van der Waals surface area contributed by atoms with Gasteiger partial charge in [-0.1, -0.05) is 48.0 Å². The van der Waals surface area contributed by atoms with Crippen molar-refractivity contribution in [1.29, 1.82) is 0 Å². The molecule has 4 rings (SSSR count). The monoisotopic (exact) mass is 431 g/mol. The van der Waals surface area contributed by atoms with Crippen LogP contribution in [0.4, 0.5) is 0 Å². The molecule has 1 amide bonds. The molecule has 0 spiro atoms. The van der Waals surface area contributed by atoms with E-state index < -0.39 is 0 Å². The number of nitrogens with zero attached hydrogens (tertiary/aromatic N) is 2. The Kier molecular flexibility index (Phi) is 6.05. The number of nitrogens with one attached hydrogen (secondary N) is 1. The normalized spacial score (nSPS) is 11.2. The molecule has 1 N–H and O–H groups in total. The number of hydrogen-bond donors (Lipinski definition) is 1. The molecule has 1 heterocycles. The predicted octanol–water partition coefficient (Wildman–Crippen LogP) is 5.43. The molecule has 156 valence electrons. The Balaban J connectivity index is 1.40. The minimum absolute atomic E-state index is 0.116. The number of hydrogen-bond acceptors (Lipinski definition) is 3. The van der Waals surface area contributed by atoms with Crippen LogP contribution in [0.5, 0.6) is 5.75 Å². The van der Waals surface area contributed by atoms with Crippen molar-refractivity contribution in [1.82, 2.24) is 9.99 Å². The van der Waals surface area contributed by atoms with E-state index in [1.807, 2.05) is 86.6 Å². The van der Waals surface area contributed by atoms with Gasteiger partial charge in [0.2, 0.25) is 0 Å². The van der Waals surface area contributed by atoms with Crippen LogP contribution >= 0.6 is 11.6 Å². The summed E-state index contributed by atoms with van der Waals surface area (Å²) in [6.45, 7) is 3.92. The van der Waals surface area contributed by atoms with Crippen LogP contribution in [0.25, 0.3) is 16.5 Å². The lowest BCUT2D eigenvalue weighted by molar-refractivity contribution is -0.123. The van der Waals surface area contributed by atoms with Gasteiger partial charge in [0.1, 0.15) is 5.75 Å². The van der Waals surface area contributed by atoms with Gasteiger partial charge in [-0.05, 0) is 55.6 Å². The first kappa shape index (κ1) is 20.7. The number of carbonyl (C=O) groups excluding carboxylic acids is 1. The smallest absolute Gasteiger partial charge is 0.277 e. The zero-order chi connectivity index (χ0) is 21.8. The highest BCUT2D eigenvalue weighted by Gasteiger charge is 2.10. The minimum atomic E-state index is -0.323. The number of benzene rings is 3. The molecule has 31 heavy (non-hydrogen) atoms. The van der Waals surface area contributed by atoms with Gasteiger partial charge < -0.3 is 9.30 Å². The van der Waals surface area contributed by atoms with Gasteiger partial charge in [-0.3, -0.25) is 4.79 Å². The Morgan fingerprint density at radius 2 is 1.81 bits per heavy atom. The molecule has 1 aromatic heterocycles. The number of aryl methyl sites for hydroxylation is 1. The molecule has 6 heteroatoms. The molecule has 3 aromatic carbocycles. The summed E-state index contributed by atoms with van der Waals surface area (Å²) >= 11 is 5.99. The maximum atomic E-state index is 12.2. The standard InChI is InChI=1S/C25H22ClN3O2/c1-17-14-20(18(2)29(17)22-12-10-21(26)11-13-22)15-27-28-25(30)16-31-24-9-5-7-19-6-3-4-8-23(19)24/h3-15H,16H2,1-2H3,(H,28,30)/b27-15+. The van der Waals surface area contributed by atoms with Gasteiger partial charge >= 0.3 is 0 Å². The van der Waals surface area contributed by atoms with Crippen molar-refractivity contribution in [3.8, 4) is 11.4 Å². The molecule has 0 aliphatic heterocycles. The zero-order valence-corrected chi connectivity index (χ0v) is 18.1. The van der Waals surface area contributed by atoms with Crippen molar-refractivity contribution in [3.63, 3.8) is 0 Å². The third kappa shape index (κ3) is 4.62. The van der Waals surface area contributed by atoms with Gasteiger partial charge in [-0.25, -0.2) is 5.43 Å². The molecule has 4 aromatic rings. The Hall–Kier alpha value is -3.57.